The van der Waals surface area contributed by atoms with Crippen LogP contribution in [0, 0.1) is 0 Å². The molecule has 1 aromatic carbocycles. The van der Waals surface area contributed by atoms with E-state index in [9.17, 15) is 21.6 Å². The Morgan fingerprint density at radius 3 is 2.55 bits per heavy atom. The zero-order valence-electron chi connectivity index (χ0n) is 11.8. The van der Waals surface area contributed by atoms with E-state index in [1.54, 1.807) is 6.92 Å². The minimum Gasteiger partial charge on any atom is -0.328 e. The zero-order valence-corrected chi connectivity index (χ0v) is 13.3. The Kier molecular flexibility index (Phi) is 4.77. The molecule has 2 atom stereocenters. The fraction of sp³-hybridized carbons (Fsp3) is 0.538. The van der Waals surface area contributed by atoms with Crippen molar-refractivity contribution in [2.75, 3.05) is 6.54 Å². The van der Waals surface area contributed by atoms with Crippen molar-refractivity contribution in [3.05, 3.63) is 28.8 Å². The number of nitrogens with two attached hydrogens (primary N) is 1. The molecular formula is C13H16ClF3N2O2S. The molecule has 22 heavy (non-hydrogen) atoms. The molecule has 1 aliphatic heterocycles. The highest BCUT2D eigenvalue weighted by molar-refractivity contribution is 7.89. The van der Waals surface area contributed by atoms with Gasteiger partial charge in [0.2, 0.25) is 10.0 Å². The number of alkyl halides is 3. The Balaban J connectivity index is 2.51. The number of rotatable bonds is 2. The Bertz CT molecular complexity index is 664. The van der Waals surface area contributed by atoms with Gasteiger partial charge in [-0.2, -0.15) is 17.5 Å². The second-order valence-electron chi connectivity index (χ2n) is 5.39. The van der Waals surface area contributed by atoms with Crippen LogP contribution < -0.4 is 5.73 Å². The van der Waals surface area contributed by atoms with Gasteiger partial charge in [0.05, 0.1) is 10.5 Å². The van der Waals surface area contributed by atoms with Gasteiger partial charge in [-0.15, -0.1) is 0 Å². The van der Waals surface area contributed by atoms with Crippen LogP contribution in [0.1, 0.15) is 25.3 Å². The summed E-state index contributed by atoms with van der Waals surface area (Å²) in [6, 6.07) is 2.08. The number of hydrogen-bond acceptors (Lipinski definition) is 3. The number of halogens is 4. The van der Waals surface area contributed by atoms with Gasteiger partial charge in [0, 0.05) is 23.7 Å². The molecule has 0 aliphatic carbocycles. The Labute approximate surface area is 132 Å². The number of nitrogens with zero attached hydrogens (tertiary/aromatic N) is 1. The molecule has 2 unspecified atom stereocenters. The first-order valence-corrected chi connectivity index (χ1v) is 8.49. The zero-order chi connectivity index (χ0) is 16.7. The molecule has 0 bridgehead atoms. The fourth-order valence-corrected chi connectivity index (χ4v) is 4.64. The fourth-order valence-electron chi connectivity index (χ4n) is 2.62. The summed E-state index contributed by atoms with van der Waals surface area (Å²) in [5.74, 6) is 0. The van der Waals surface area contributed by atoms with Gasteiger partial charge in [-0.25, -0.2) is 8.42 Å². The van der Waals surface area contributed by atoms with Gasteiger partial charge < -0.3 is 5.73 Å². The standard InChI is InChI=1S/C13H16ClF3N2O2S/c1-8-6-10(18)4-5-19(8)22(20,21)12-3-2-9(14)7-11(12)13(15,16)17/h2-3,7-8,10H,4-6,18H2,1H3. The highest BCUT2D eigenvalue weighted by atomic mass is 35.5. The average Bonchev–Trinajstić information content (AvgIpc) is 2.36. The predicted octanol–water partition coefficient (Wildman–Crippen LogP) is 2.86. The van der Waals surface area contributed by atoms with Crippen LogP contribution in [0.15, 0.2) is 23.1 Å². The lowest BCUT2D eigenvalue weighted by Crippen LogP contribution is -2.48. The summed E-state index contributed by atoms with van der Waals surface area (Å²) in [4.78, 5) is -0.772. The topological polar surface area (TPSA) is 63.4 Å². The molecule has 0 amide bonds. The number of sulfonamides is 1. The molecule has 2 N–H and O–H groups in total. The van der Waals surface area contributed by atoms with Crippen LogP contribution in [0.2, 0.25) is 5.02 Å². The summed E-state index contributed by atoms with van der Waals surface area (Å²) in [6.07, 6.45) is -3.98. The van der Waals surface area contributed by atoms with Gasteiger partial charge in [-0.1, -0.05) is 11.6 Å². The SMILES string of the molecule is CC1CC(N)CCN1S(=O)(=O)c1ccc(Cl)cc1C(F)(F)F. The van der Waals surface area contributed by atoms with Gasteiger partial charge in [-0.05, 0) is 38.0 Å². The van der Waals surface area contributed by atoms with E-state index < -0.39 is 32.7 Å². The molecule has 1 aliphatic rings. The Morgan fingerprint density at radius 2 is 2.00 bits per heavy atom. The van der Waals surface area contributed by atoms with Crippen LogP contribution in [0.25, 0.3) is 0 Å². The second kappa shape index (κ2) is 5.99. The van der Waals surface area contributed by atoms with Crippen LogP contribution in [0.4, 0.5) is 13.2 Å². The van der Waals surface area contributed by atoms with E-state index in [0.717, 1.165) is 16.4 Å². The summed E-state index contributed by atoms with van der Waals surface area (Å²) in [5, 5.41) is -0.167. The summed E-state index contributed by atoms with van der Waals surface area (Å²) in [6.45, 7) is 1.74. The molecular weight excluding hydrogens is 341 g/mol. The van der Waals surface area contributed by atoms with E-state index in [1.807, 2.05) is 0 Å². The van der Waals surface area contributed by atoms with E-state index in [2.05, 4.69) is 0 Å². The van der Waals surface area contributed by atoms with Crippen LogP contribution in [0.5, 0.6) is 0 Å². The van der Waals surface area contributed by atoms with Crippen molar-refractivity contribution in [1.29, 1.82) is 0 Å². The smallest absolute Gasteiger partial charge is 0.328 e. The average molecular weight is 357 g/mol. The van der Waals surface area contributed by atoms with Crippen LogP contribution >= 0.6 is 11.6 Å². The molecule has 0 radical (unpaired) electrons. The predicted molar refractivity (Wildman–Crippen MR) is 77.0 cm³/mol. The lowest BCUT2D eigenvalue weighted by molar-refractivity contribution is -0.139. The monoisotopic (exact) mass is 356 g/mol. The maximum atomic E-state index is 13.1. The summed E-state index contributed by atoms with van der Waals surface area (Å²) in [7, 11) is -4.27. The summed E-state index contributed by atoms with van der Waals surface area (Å²) in [5.41, 5.74) is 4.52. The summed E-state index contributed by atoms with van der Waals surface area (Å²) >= 11 is 5.58. The van der Waals surface area contributed by atoms with E-state index in [4.69, 9.17) is 17.3 Å². The molecule has 4 nitrogen and oxygen atoms in total. The molecule has 1 saturated heterocycles. The van der Waals surface area contributed by atoms with Gasteiger partial charge in [0.1, 0.15) is 0 Å². The van der Waals surface area contributed by atoms with Crippen molar-refractivity contribution < 1.29 is 21.6 Å². The third-order valence-electron chi connectivity index (χ3n) is 3.69. The number of piperidine rings is 1. The first kappa shape index (κ1) is 17.5. The Morgan fingerprint density at radius 1 is 1.36 bits per heavy atom. The van der Waals surface area contributed by atoms with Crippen molar-refractivity contribution in [2.24, 2.45) is 5.73 Å². The molecule has 1 aromatic rings. The normalized spacial score (nSPS) is 24.5. The van der Waals surface area contributed by atoms with Gasteiger partial charge in [-0.3, -0.25) is 0 Å². The van der Waals surface area contributed by atoms with E-state index in [-0.39, 0.29) is 17.6 Å². The summed E-state index contributed by atoms with van der Waals surface area (Å²) < 4.78 is 65.7. The number of benzene rings is 1. The molecule has 124 valence electrons. The third kappa shape index (κ3) is 3.40. The molecule has 9 heteroatoms. The van der Waals surface area contributed by atoms with Gasteiger partial charge in [0.15, 0.2) is 0 Å². The van der Waals surface area contributed by atoms with Crippen molar-refractivity contribution in [3.63, 3.8) is 0 Å². The van der Waals surface area contributed by atoms with Crippen LogP contribution in [-0.4, -0.2) is 31.4 Å². The molecule has 0 spiro atoms. The highest BCUT2D eigenvalue weighted by Gasteiger charge is 2.41. The van der Waals surface area contributed by atoms with Crippen molar-refractivity contribution in [1.82, 2.24) is 4.31 Å². The minimum absolute atomic E-state index is 0.102. The van der Waals surface area contributed by atoms with Crippen molar-refractivity contribution >= 4 is 21.6 Å². The second-order valence-corrected chi connectivity index (χ2v) is 7.68. The van der Waals surface area contributed by atoms with Gasteiger partial charge >= 0.3 is 6.18 Å². The Hall–Kier alpha value is -0.830. The molecule has 1 fully saturated rings. The molecule has 1 heterocycles. The van der Waals surface area contributed by atoms with E-state index >= 15 is 0 Å². The quantitative estimate of drug-likeness (QED) is 0.886. The minimum atomic E-state index is -4.80. The first-order valence-electron chi connectivity index (χ1n) is 6.67. The van der Waals surface area contributed by atoms with Crippen LogP contribution in [0.3, 0.4) is 0 Å². The highest BCUT2D eigenvalue weighted by Crippen LogP contribution is 2.38. The maximum Gasteiger partial charge on any atom is 0.417 e. The molecule has 0 aromatic heterocycles. The van der Waals surface area contributed by atoms with Gasteiger partial charge in [0.25, 0.3) is 0 Å². The lowest BCUT2D eigenvalue weighted by atomic mass is 10.0. The van der Waals surface area contributed by atoms with Crippen molar-refractivity contribution in [3.8, 4) is 0 Å². The van der Waals surface area contributed by atoms with Crippen molar-refractivity contribution in [2.45, 2.75) is 42.9 Å². The van der Waals surface area contributed by atoms with E-state index in [0.29, 0.717) is 18.9 Å². The van der Waals surface area contributed by atoms with E-state index in [1.165, 1.54) is 0 Å². The van der Waals surface area contributed by atoms with Crippen LogP contribution in [-0.2, 0) is 16.2 Å². The lowest BCUT2D eigenvalue weighted by Gasteiger charge is -2.35. The number of hydrogen-bond donors (Lipinski definition) is 1. The maximum absolute atomic E-state index is 13.1. The third-order valence-corrected chi connectivity index (χ3v) is 6.00. The largest absolute Gasteiger partial charge is 0.417 e. The first-order chi connectivity index (χ1) is 10.0. The molecule has 0 saturated carbocycles. The molecule has 2 rings (SSSR count).